The normalized spacial score (nSPS) is 15.0. The van der Waals surface area contributed by atoms with E-state index in [2.05, 4.69) is 25.9 Å². The molecular formula is C19H17BrF3N3OS2. The van der Waals surface area contributed by atoms with Gasteiger partial charge in [-0.25, -0.2) is 4.98 Å². The Morgan fingerprint density at radius 1 is 1.21 bits per heavy atom. The molecule has 2 atom stereocenters. The molecule has 0 aliphatic carbocycles. The van der Waals surface area contributed by atoms with Crippen LogP contribution in [-0.4, -0.2) is 19.5 Å². The molecular weight excluding hydrogens is 487 g/mol. The molecule has 0 radical (unpaired) electrons. The van der Waals surface area contributed by atoms with E-state index < -0.39 is 26.8 Å². The van der Waals surface area contributed by atoms with Crippen molar-refractivity contribution in [1.82, 2.24) is 9.97 Å². The van der Waals surface area contributed by atoms with Crippen molar-refractivity contribution in [3.05, 3.63) is 68.2 Å². The van der Waals surface area contributed by atoms with E-state index in [0.29, 0.717) is 10.6 Å². The van der Waals surface area contributed by atoms with Crippen molar-refractivity contribution in [3.63, 3.8) is 0 Å². The summed E-state index contributed by atoms with van der Waals surface area (Å²) in [6, 6.07) is 9.77. The molecule has 0 bridgehead atoms. The first-order valence-corrected chi connectivity index (χ1v) is 11.7. The van der Waals surface area contributed by atoms with E-state index in [4.69, 9.17) is 5.14 Å². The van der Waals surface area contributed by atoms with Gasteiger partial charge < -0.3 is 0 Å². The van der Waals surface area contributed by atoms with Crippen LogP contribution in [0.15, 0.2) is 47.1 Å². The molecule has 0 amide bonds. The number of aromatic nitrogens is 2. The Morgan fingerprint density at radius 3 is 2.41 bits per heavy atom. The molecule has 2 unspecified atom stereocenters. The first kappa shape index (κ1) is 21.9. The summed E-state index contributed by atoms with van der Waals surface area (Å²) >= 11 is 4.75. The minimum Gasteiger partial charge on any atom is -0.258 e. The molecule has 2 N–H and O–H groups in total. The Balaban J connectivity index is 1.92. The molecule has 0 aliphatic heterocycles. The van der Waals surface area contributed by atoms with Crippen molar-refractivity contribution in [2.45, 2.75) is 25.3 Å². The molecule has 154 valence electrons. The molecule has 0 spiro atoms. The van der Waals surface area contributed by atoms with Crippen molar-refractivity contribution in [2.24, 2.45) is 5.14 Å². The van der Waals surface area contributed by atoms with Gasteiger partial charge in [0.2, 0.25) is 0 Å². The number of rotatable bonds is 4. The highest BCUT2D eigenvalue weighted by molar-refractivity contribution is 9.10. The lowest BCUT2D eigenvalue weighted by Crippen LogP contribution is -2.23. The minimum atomic E-state index is -4.53. The third kappa shape index (κ3) is 5.06. The van der Waals surface area contributed by atoms with Gasteiger partial charge in [0, 0.05) is 36.2 Å². The van der Waals surface area contributed by atoms with Crippen LogP contribution in [0.4, 0.5) is 13.2 Å². The van der Waals surface area contributed by atoms with Crippen LogP contribution in [0.25, 0.3) is 11.3 Å². The van der Waals surface area contributed by atoms with E-state index in [1.165, 1.54) is 22.8 Å². The maximum absolute atomic E-state index is 13.1. The third-order valence-corrected chi connectivity index (χ3v) is 7.88. The lowest BCUT2D eigenvalue weighted by molar-refractivity contribution is -0.141. The molecule has 10 heteroatoms. The number of hydrogen-bond acceptors (Lipinski definition) is 4. The molecule has 0 fully saturated rings. The molecule has 0 aliphatic rings. The fraction of sp³-hybridized carbons (Fsp3) is 0.211. The molecule has 3 aromatic rings. The third-order valence-electron chi connectivity index (χ3n) is 4.31. The lowest BCUT2D eigenvalue weighted by atomic mass is 10.1. The first-order valence-electron chi connectivity index (χ1n) is 8.39. The zero-order valence-corrected chi connectivity index (χ0v) is 18.6. The van der Waals surface area contributed by atoms with Crippen LogP contribution in [0.5, 0.6) is 0 Å². The average Bonchev–Trinajstić information content (AvgIpc) is 3.00. The van der Waals surface area contributed by atoms with Crippen molar-refractivity contribution < 1.29 is 17.4 Å². The van der Waals surface area contributed by atoms with E-state index in [1.807, 2.05) is 31.2 Å². The number of pyridine rings is 1. The largest absolute Gasteiger partial charge is 0.433 e. The van der Waals surface area contributed by atoms with E-state index in [0.717, 1.165) is 32.9 Å². The summed E-state index contributed by atoms with van der Waals surface area (Å²) in [5, 5.41) is 7.22. The summed E-state index contributed by atoms with van der Waals surface area (Å²) in [7, 11) is -3.06. The quantitative estimate of drug-likeness (QED) is 0.487. The second-order valence-corrected chi connectivity index (χ2v) is 10.9. The number of alkyl halides is 3. The van der Waals surface area contributed by atoms with Crippen molar-refractivity contribution >= 4 is 42.3 Å². The molecule has 0 saturated heterocycles. The fourth-order valence-corrected chi connectivity index (χ4v) is 5.38. The molecule has 0 saturated carbocycles. The van der Waals surface area contributed by atoms with Gasteiger partial charge in [0.1, 0.15) is 10.7 Å². The topological polar surface area (TPSA) is 68.9 Å². The van der Waals surface area contributed by atoms with Gasteiger partial charge in [-0.1, -0.05) is 34.1 Å². The molecule has 4 nitrogen and oxygen atoms in total. The monoisotopic (exact) mass is 503 g/mol. The Hall–Kier alpha value is -1.75. The van der Waals surface area contributed by atoms with Gasteiger partial charge in [-0.05, 0) is 37.6 Å². The number of benzene rings is 1. The van der Waals surface area contributed by atoms with Crippen LogP contribution in [0.3, 0.4) is 0 Å². The van der Waals surface area contributed by atoms with E-state index in [1.54, 1.807) is 6.92 Å². The highest BCUT2D eigenvalue weighted by atomic mass is 79.9. The first-order chi connectivity index (χ1) is 13.5. The second-order valence-electron chi connectivity index (χ2n) is 6.40. The Kier molecular flexibility index (Phi) is 6.19. The van der Waals surface area contributed by atoms with Crippen LogP contribution in [-0.2, 0) is 15.9 Å². The number of aryl methyl sites for hydroxylation is 1. The molecule has 2 heterocycles. The van der Waals surface area contributed by atoms with Crippen LogP contribution < -0.4 is 5.14 Å². The average molecular weight is 504 g/mol. The number of halogens is 4. The summed E-state index contributed by atoms with van der Waals surface area (Å²) in [6.45, 7) is 3.51. The number of thiazole rings is 1. The van der Waals surface area contributed by atoms with Gasteiger partial charge >= 0.3 is 6.18 Å². The molecule has 1 aromatic carbocycles. The van der Waals surface area contributed by atoms with Crippen LogP contribution in [0, 0.1) is 6.92 Å². The Labute approximate surface area is 179 Å². The maximum atomic E-state index is 13.1. The van der Waals surface area contributed by atoms with Gasteiger partial charge in [-0.2, -0.15) is 13.2 Å². The SMILES string of the molecule is Cc1sc(C=S(N)(=O)C(C)c2ccc(C(F)(F)F)nc2)nc1-c1ccc(Br)cc1. The molecule has 29 heavy (non-hydrogen) atoms. The smallest absolute Gasteiger partial charge is 0.258 e. The fourth-order valence-electron chi connectivity index (χ4n) is 2.63. The number of nitrogens with two attached hydrogens (primary N) is 1. The zero-order valence-electron chi connectivity index (χ0n) is 15.4. The van der Waals surface area contributed by atoms with Gasteiger partial charge in [0.25, 0.3) is 0 Å². The van der Waals surface area contributed by atoms with Gasteiger partial charge in [-0.3, -0.25) is 14.3 Å². The highest BCUT2D eigenvalue weighted by Gasteiger charge is 2.32. The van der Waals surface area contributed by atoms with Crippen LogP contribution in [0.1, 0.15) is 33.3 Å². The predicted octanol–water partition coefficient (Wildman–Crippen LogP) is 5.36. The van der Waals surface area contributed by atoms with Crippen LogP contribution in [0.2, 0.25) is 0 Å². The Morgan fingerprint density at radius 2 is 1.86 bits per heavy atom. The number of hydrogen-bond donors (Lipinski definition) is 1. The van der Waals surface area contributed by atoms with E-state index >= 15 is 0 Å². The summed E-state index contributed by atoms with van der Waals surface area (Å²) in [6.07, 6.45) is -3.46. The predicted molar refractivity (Wildman–Crippen MR) is 115 cm³/mol. The zero-order chi connectivity index (χ0) is 21.4. The number of nitrogens with zero attached hydrogens (tertiary/aromatic N) is 2. The molecule has 2 aromatic heterocycles. The highest BCUT2D eigenvalue weighted by Crippen LogP contribution is 2.30. The van der Waals surface area contributed by atoms with E-state index in [-0.39, 0.29) is 0 Å². The lowest BCUT2D eigenvalue weighted by Gasteiger charge is -2.15. The maximum Gasteiger partial charge on any atom is 0.433 e. The summed E-state index contributed by atoms with van der Waals surface area (Å²) < 4.78 is 52.1. The minimum absolute atomic E-state index is 0.364. The van der Waals surface area contributed by atoms with Crippen molar-refractivity contribution in [3.8, 4) is 11.3 Å². The summed E-state index contributed by atoms with van der Waals surface area (Å²) in [4.78, 5) is 8.90. The van der Waals surface area contributed by atoms with Crippen molar-refractivity contribution in [2.75, 3.05) is 0 Å². The van der Waals surface area contributed by atoms with Crippen molar-refractivity contribution in [1.29, 1.82) is 0 Å². The molecule has 3 rings (SSSR count). The van der Waals surface area contributed by atoms with Gasteiger partial charge in [0.15, 0.2) is 0 Å². The van der Waals surface area contributed by atoms with Gasteiger partial charge in [-0.15, -0.1) is 11.3 Å². The van der Waals surface area contributed by atoms with E-state index in [9.17, 15) is 17.4 Å². The second kappa shape index (κ2) is 8.17. The summed E-state index contributed by atoms with van der Waals surface area (Å²) in [5.74, 6) is 0. The van der Waals surface area contributed by atoms with Crippen LogP contribution >= 0.6 is 27.3 Å². The standard InChI is InChI=1S/C19H17BrF3N3OS2/c1-11-18(13-3-6-15(20)7-4-13)26-17(28-11)10-29(24,27)12(2)14-5-8-16(25-9-14)19(21,22)23/h3-10,12H,1-2H3,(H2,24,27). The summed E-state index contributed by atoms with van der Waals surface area (Å²) in [5.41, 5.74) is 1.05. The Bertz CT molecular complexity index is 1130. The van der Waals surface area contributed by atoms with Gasteiger partial charge in [0.05, 0.1) is 10.9 Å².